The van der Waals surface area contributed by atoms with Crippen molar-refractivity contribution in [3.8, 4) is 0 Å². The Balaban J connectivity index is 2.19. The first-order chi connectivity index (χ1) is 12.9. The van der Waals surface area contributed by atoms with E-state index in [0.717, 1.165) is 11.1 Å². The van der Waals surface area contributed by atoms with Gasteiger partial charge in [-0.3, -0.25) is 9.59 Å². The lowest BCUT2D eigenvalue weighted by Gasteiger charge is -2.29. The first-order valence-electron chi connectivity index (χ1n) is 9.23. The van der Waals surface area contributed by atoms with Gasteiger partial charge in [0.2, 0.25) is 11.8 Å². The van der Waals surface area contributed by atoms with Crippen LogP contribution in [0.1, 0.15) is 31.9 Å². The van der Waals surface area contributed by atoms with Crippen LogP contribution in [0.4, 0.5) is 0 Å². The number of amides is 2. The number of rotatable bonds is 8. The summed E-state index contributed by atoms with van der Waals surface area (Å²) in [5.74, 6) is 0.0776. The number of carbonyl (C=O) groups excluding carboxylic acids is 2. The number of halogens is 1. The molecule has 0 bridgehead atoms. The van der Waals surface area contributed by atoms with E-state index in [0.29, 0.717) is 24.0 Å². The van der Waals surface area contributed by atoms with Crippen molar-refractivity contribution in [1.29, 1.82) is 0 Å². The molecule has 0 fully saturated rings. The maximum absolute atomic E-state index is 13.0. The van der Waals surface area contributed by atoms with Gasteiger partial charge < -0.3 is 10.2 Å². The molecule has 0 aromatic heterocycles. The van der Waals surface area contributed by atoms with E-state index in [9.17, 15) is 9.59 Å². The molecule has 5 heteroatoms. The van der Waals surface area contributed by atoms with E-state index in [4.69, 9.17) is 11.6 Å². The van der Waals surface area contributed by atoms with Crippen molar-refractivity contribution in [3.63, 3.8) is 0 Å². The summed E-state index contributed by atoms with van der Waals surface area (Å²) in [5.41, 5.74) is 1.74. The predicted molar refractivity (Wildman–Crippen MR) is 109 cm³/mol. The molecule has 0 radical (unpaired) electrons. The summed E-state index contributed by atoms with van der Waals surface area (Å²) in [6.45, 7) is 6.80. The molecule has 0 heterocycles. The first kappa shape index (κ1) is 21.0. The van der Waals surface area contributed by atoms with E-state index in [1.807, 2.05) is 62.4 Å². The molecule has 27 heavy (non-hydrogen) atoms. The lowest BCUT2D eigenvalue weighted by Crippen LogP contribution is -2.48. The van der Waals surface area contributed by atoms with Crippen LogP contribution < -0.4 is 5.32 Å². The van der Waals surface area contributed by atoms with Gasteiger partial charge >= 0.3 is 0 Å². The van der Waals surface area contributed by atoms with Crippen molar-refractivity contribution in [2.24, 2.45) is 5.92 Å². The van der Waals surface area contributed by atoms with Gasteiger partial charge in [0.05, 0.1) is 6.42 Å². The average molecular weight is 387 g/mol. The summed E-state index contributed by atoms with van der Waals surface area (Å²) in [6.07, 6.45) is 0.161. The minimum Gasteiger partial charge on any atom is -0.354 e. The lowest BCUT2D eigenvalue weighted by molar-refractivity contribution is -0.140. The largest absolute Gasteiger partial charge is 0.354 e. The Hall–Kier alpha value is -2.33. The molecule has 2 aromatic rings. The van der Waals surface area contributed by atoms with Crippen molar-refractivity contribution >= 4 is 23.4 Å². The minimum absolute atomic E-state index is 0.126. The van der Waals surface area contributed by atoms with Crippen LogP contribution in [0.2, 0.25) is 5.02 Å². The first-order valence-corrected chi connectivity index (χ1v) is 9.60. The van der Waals surface area contributed by atoms with Gasteiger partial charge in [-0.15, -0.1) is 0 Å². The Bertz CT molecular complexity index is 762. The fraction of sp³-hybridized carbons (Fsp3) is 0.364. The minimum atomic E-state index is -0.570. The average Bonchev–Trinajstić information content (AvgIpc) is 2.66. The molecule has 2 amide bonds. The maximum atomic E-state index is 13.0. The third-order valence-corrected chi connectivity index (χ3v) is 4.72. The van der Waals surface area contributed by atoms with Crippen LogP contribution in [0.5, 0.6) is 0 Å². The predicted octanol–water partition coefficient (Wildman–Crippen LogP) is 4.07. The third-order valence-electron chi connectivity index (χ3n) is 4.35. The number of hydrogen-bond donors (Lipinski definition) is 1. The monoisotopic (exact) mass is 386 g/mol. The van der Waals surface area contributed by atoms with Crippen molar-refractivity contribution in [3.05, 3.63) is 70.7 Å². The quantitative estimate of drug-likeness (QED) is 0.743. The number of nitrogens with zero attached hydrogens (tertiary/aromatic N) is 1. The number of hydrogen-bond acceptors (Lipinski definition) is 2. The fourth-order valence-corrected chi connectivity index (χ4v) is 2.92. The molecule has 4 nitrogen and oxygen atoms in total. The number of carbonyl (C=O) groups is 2. The zero-order chi connectivity index (χ0) is 19.8. The van der Waals surface area contributed by atoms with Crippen LogP contribution in [0.15, 0.2) is 54.6 Å². The molecule has 0 aliphatic carbocycles. The highest BCUT2D eigenvalue weighted by atomic mass is 35.5. The van der Waals surface area contributed by atoms with E-state index in [-0.39, 0.29) is 18.2 Å². The van der Waals surface area contributed by atoms with Crippen molar-refractivity contribution in [2.75, 3.05) is 6.54 Å². The standard InChI is InChI=1S/C22H27ClN2O2/c1-16(2)14-24-22(27)17(3)25(15-18-9-5-4-6-10-18)21(26)13-19-11-7-8-12-20(19)23/h4-12,16-17H,13-15H2,1-3H3,(H,24,27). The molecule has 1 atom stereocenters. The topological polar surface area (TPSA) is 49.4 Å². The molecule has 144 valence electrons. The second-order valence-corrected chi connectivity index (χ2v) is 7.50. The summed E-state index contributed by atoms with van der Waals surface area (Å²) in [6, 6.07) is 16.4. The van der Waals surface area contributed by atoms with E-state index in [1.165, 1.54) is 0 Å². The lowest BCUT2D eigenvalue weighted by atomic mass is 10.1. The van der Waals surface area contributed by atoms with E-state index in [1.54, 1.807) is 17.9 Å². The molecular weight excluding hydrogens is 360 g/mol. The van der Waals surface area contributed by atoms with Gasteiger partial charge in [-0.2, -0.15) is 0 Å². The van der Waals surface area contributed by atoms with E-state index >= 15 is 0 Å². The van der Waals surface area contributed by atoms with Crippen molar-refractivity contribution < 1.29 is 9.59 Å². The zero-order valence-electron chi connectivity index (χ0n) is 16.1. The Labute approximate surface area is 166 Å². The van der Waals surface area contributed by atoms with Gasteiger partial charge in [0.15, 0.2) is 0 Å². The second kappa shape index (κ2) is 10.1. The Morgan fingerprint density at radius 1 is 1.00 bits per heavy atom. The molecule has 2 aromatic carbocycles. The zero-order valence-corrected chi connectivity index (χ0v) is 16.9. The summed E-state index contributed by atoms with van der Waals surface area (Å²) >= 11 is 6.21. The number of nitrogens with one attached hydrogen (secondary N) is 1. The van der Waals surface area contributed by atoms with Gasteiger partial charge in [0.1, 0.15) is 6.04 Å². The van der Waals surface area contributed by atoms with Crippen LogP contribution in [-0.2, 0) is 22.6 Å². The van der Waals surface area contributed by atoms with Crippen LogP contribution in [0.3, 0.4) is 0 Å². The second-order valence-electron chi connectivity index (χ2n) is 7.09. The molecule has 0 aliphatic heterocycles. The van der Waals surface area contributed by atoms with Gasteiger partial charge in [-0.1, -0.05) is 74.0 Å². The molecule has 1 unspecified atom stereocenters. The number of benzene rings is 2. The van der Waals surface area contributed by atoms with Crippen LogP contribution in [0.25, 0.3) is 0 Å². The van der Waals surface area contributed by atoms with E-state index < -0.39 is 6.04 Å². The Morgan fingerprint density at radius 2 is 1.63 bits per heavy atom. The summed E-state index contributed by atoms with van der Waals surface area (Å²) in [5, 5.41) is 3.48. The van der Waals surface area contributed by atoms with Gasteiger partial charge in [-0.05, 0) is 30.0 Å². The highest BCUT2D eigenvalue weighted by Gasteiger charge is 2.26. The van der Waals surface area contributed by atoms with Crippen LogP contribution in [-0.4, -0.2) is 29.3 Å². The van der Waals surface area contributed by atoms with Gasteiger partial charge in [0.25, 0.3) is 0 Å². The highest BCUT2D eigenvalue weighted by molar-refractivity contribution is 6.31. The van der Waals surface area contributed by atoms with Crippen LogP contribution >= 0.6 is 11.6 Å². The van der Waals surface area contributed by atoms with E-state index in [2.05, 4.69) is 5.32 Å². The molecule has 0 aliphatic rings. The Morgan fingerprint density at radius 3 is 2.26 bits per heavy atom. The highest BCUT2D eigenvalue weighted by Crippen LogP contribution is 2.18. The smallest absolute Gasteiger partial charge is 0.242 e. The normalized spacial score (nSPS) is 11.9. The fourth-order valence-electron chi connectivity index (χ4n) is 2.72. The van der Waals surface area contributed by atoms with Crippen molar-refractivity contribution in [2.45, 2.75) is 39.8 Å². The van der Waals surface area contributed by atoms with Gasteiger partial charge in [-0.25, -0.2) is 0 Å². The third kappa shape index (κ3) is 6.40. The van der Waals surface area contributed by atoms with Crippen molar-refractivity contribution in [1.82, 2.24) is 10.2 Å². The SMILES string of the molecule is CC(C)CNC(=O)C(C)N(Cc1ccccc1)C(=O)Cc1ccccc1Cl. The molecule has 0 saturated heterocycles. The molecular formula is C22H27ClN2O2. The molecule has 0 saturated carbocycles. The summed E-state index contributed by atoms with van der Waals surface area (Å²) in [7, 11) is 0. The molecule has 0 spiro atoms. The summed E-state index contributed by atoms with van der Waals surface area (Å²) < 4.78 is 0. The van der Waals surface area contributed by atoms with Gasteiger partial charge in [0, 0.05) is 18.1 Å². The maximum Gasteiger partial charge on any atom is 0.242 e. The molecule has 2 rings (SSSR count). The van der Waals surface area contributed by atoms with Crippen LogP contribution in [0, 0.1) is 5.92 Å². The molecule has 1 N–H and O–H groups in total. The summed E-state index contributed by atoms with van der Waals surface area (Å²) in [4.78, 5) is 27.2. The Kier molecular flexibility index (Phi) is 7.86.